The first-order valence-electron chi connectivity index (χ1n) is 8.24. The molecule has 1 nitrogen and oxygen atoms in total. The lowest BCUT2D eigenvalue weighted by Gasteiger charge is -2.52. The molecule has 1 aliphatic rings. The van der Waals surface area contributed by atoms with Crippen LogP contribution in [0, 0.1) is 10.8 Å². The summed E-state index contributed by atoms with van der Waals surface area (Å²) in [6, 6.07) is 0. The van der Waals surface area contributed by atoms with Crippen molar-refractivity contribution in [1.82, 2.24) is 4.65 Å². The van der Waals surface area contributed by atoms with Crippen LogP contribution in [0.25, 0.3) is 0 Å². The zero-order valence-corrected chi connectivity index (χ0v) is 18.2. The van der Waals surface area contributed by atoms with Gasteiger partial charge in [0.2, 0.25) is 0 Å². The Labute approximate surface area is 135 Å². The summed E-state index contributed by atoms with van der Waals surface area (Å²) in [5, 5.41) is 0.183. The molecule has 0 radical (unpaired) electrons. The summed E-state index contributed by atoms with van der Waals surface area (Å²) in [5.41, 5.74) is 1.96. The Balaban J connectivity index is 3.41. The molecule has 1 N–H and O–H groups in total. The van der Waals surface area contributed by atoms with E-state index in [9.17, 15) is 0 Å². The van der Waals surface area contributed by atoms with E-state index in [1.54, 1.807) is 0 Å². The molecule has 1 unspecified atom stereocenters. The fourth-order valence-electron chi connectivity index (χ4n) is 3.86. The molecule has 0 heterocycles. The molecule has 0 saturated carbocycles. The molecule has 1 rings (SSSR count). The second-order valence-electron chi connectivity index (χ2n) is 10.3. The fourth-order valence-corrected chi connectivity index (χ4v) is 15.1. The number of rotatable bonds is 3. The molecule has 0 saturated heterocycles. The van der Waals surface area contributed by atoms with Crippen molar-refractivity contribution in [3.8, 4) is 0 Å². The average molecular weight is 324 g/mol. The van der Waals surface area contributed by atoms with Crippen LogP contribution in [0.3, 0.4) is 0 Å². The highest BCUT2D eigenvalue weighted by atomic mass is 28.4. The van der Waals surface area contributed by atoms with Crippen molar-refractivity contribution in [3.63, 3.8) is 0 Å². The lowest BCUT2D eigenvalue weighted by atomic mass is 9.79. The van der Waals surface area contributed by atoms with Gasteiger partial charge in [-0.1, -0.05) is 92.5 Å². The van der Waals surface area contributed by atoms with Crippen molar-refractivity contribution >= 4 is 16.5 Å². The van der Waals surface area contributed by atoms with Crippen LogP contribution in [0.5, 0.6) is 0 Å². The standard InChI is InChI=1S/C18H37NSi2/c1-16(2,3)15-12-13-18(14-15,17(4,5)6)21(10,11)19-20(7,8)9/h12-14,19H,1-11H3. The Hall–Kier alpha value is -0.126. The first kappa shape index (κ1) is 18.9. The van der Waals surface area contributed by atoms with Crippen LogP contribution >= 0.6 is 0 Å². The normalized spacial score (nSPS) is 24.4. The lowest BCUT2D eigenvalue weighted by molar-refractivity contribution is 0.345. The highest BCUT2D eigenvalue weighted by Crippen LogP contribution is 2.59. The summed E-state index contributed by atoms with van der Waals surface area (Å²) in [4.78, 5) is 0. The third-order valence-electron chi connectivity index (χ3n) is 4.74. The van der Waals surface area contributed by atoms with Crippen molar-refractivity contribution in [2.24, 2.45) is 10.8 Å². The van der Waals surface area contributed by atoms with Gasteiger partial charge in [-0.05, 0) is 16.4 Å². The lowest BCUT2D eigenvalue weighted by Crippen LogP contribution is -2.65. The van der Waals surface area contributed by atoms with E-state index in [1.807, 2.05) is 0 Å². The maximum atomic E-state index is 4.14. The van der Waals surface area contributed by atoms with Gasteiger partial charge in [0, 0.05) is 5.04 Å². The minimum absolute atomic E-state index is 0.183. The Bertz CT molecular complexity index is 453. The summed E-state index contributed by atoms with van der Waals surface area (Å²) in [6.45, 7) is 26.5. The molecule has 0 spiro atoms. The first-order chi connectivity index (χ1) is 9.02. The van der Waals surface area contributed by atoms with Crippen molar-refractivity contribution in [2.75, 3.05) is 0 Å². The maximum Gasteiger partial charge on any atom is 0.127 e. The molecule has 122 valence electrons. The second-order valence-corrected chi connectivity index (χ2v) is 19.9. The second kappa shape index (κ2) is 5.21. The molecule has 0 aromatic carbocycles. The zero-order valence-electron chi connectivity index (χ0n) is 16.2. The van der Waals surface area contributed by atoms with E-state index in [-0.39, 0.29) is 15.9 Å². The monoisotopic (exact) mass is 323 g/mol. The van der Waals surface area contributed by atoms with Gasteiger partial charge < -0.3 is 4.65 Å². The Morgan fingerprint density at radius 1 is 0.905 bits per heavy atom. The summed E-state index contributed by atoms with van der Waals surface area (Å²) in [5.74, 6) is 0. The van der Waals surface area contributed by atoms with Gasteiger partial charge in [-0.15, -0.1) is 0 Å². The Kier molecular flexibility index (Phi) is 4.69. The SMILES string of the molecule is CC(C)(C)C1=CC(C(C)(C)C)([Si](C)(C)N[Si](C)(C)C)C=C1. The summed E-state index contributed by atoms with van der Waals surface area (Å²) >= 11 is 0. The predicted molar refractivity (Wildman–Crippen MR) is 103 cm³/mol. The van der Waals surface area contributed by atoms with Crippen LogP contribution in [0.1, 0.15) is 41.5 Å². The Morgan fingerprint density at radius 3 is 1.67 bits per heavy atom. The van der Waals surface area contributed by atoms with Crippen LogP contribution in [0.4, 0.5) is 0 Å². The van der Waals surface area contributed by atoms with Gasteiger partial charge in [-0.3, -0.25) is 0 Å². The van der Waals surface area contributed by atoms with Crippen LogP contribution in [0.2, 0.25) is 37.8 Å². The minimum atomic E-state index is -1.66. The quantitative estimate of drug-likeness (QED) is 0.633. The molecule has 0 aliphatic heterocycles. The van der Waals surface area contributed by atoms with Gasteiger partial charge in [0.1, 0.15) is 16.5 Å². The summed E-state index contributed by atoms with van der Waals surface area (Å²) < 4.78 is 4.14. The van der Waals surface area contributed by atoms with E-state index in [0.717, 1.165) is 0 Å². The molecule has 3 heteroatoms. The molecule has 0 aromatic rings. The van der Waals surface area contributed by atoms with Gasteiger partial charge in [0.25, 0.3) is 0 Å². The number of hydrogen-bond acceptors (Lipinski definition) is 1. The van der Waals surface area contributed by atoms with Gasteiger partial charge in [-0.2, -0.15) is 0 Å². The third-order valence-corrected chi connectivity index (χ3v) is 13.4. The first-order valence-corrected chi connectivity index (χ1v) is 14.7. The fraction of sp³-hybridized carbons (Fsp3) is 0.778. The van der Waals surface area contributed by atoms with Gasteiger partial charge in [0.05, 0.1) is 0 Å². The topological polar surface area (TPSA) is 12.0 Å². The van der Waals surface area contributed by atoms with Crippen LogP contribution < -0.4 is 4.65 Å². The number of hydrogen-bond donors (Lipinski definition) is 1. The van der Waals surface area contributed by atoms with Crippen LogP contribution in [-0.2, 0) is 0 Å². The van der Waals surface area contributed by atoms with E-state index in [0.29, 0.717) is 0 Å². The van der Waals surface area contributed by atoms with E-state index < -0.39 is 16.5 Å². The molecule has 0 bridgehead atoms. The van der Waals surface area contributed by atoms with Crippen LogP contribution in [-0.4, -0.2) is 16.5 Å². The largest absolute Gasteiger partial charge is 0.359 e. The highest BCUT2D eigenvalue weighted by Gasteiger charge is 2.54. The zero-order chi connectivity index (χ0) is 16.9. The van der Waals surface area contributed by atoms with Crippen LogP contribution in [0.15, 0.2) is 23.8 Å². The van der Waals surface area contributed by atoms with E-state index >= 15 is 0 Å². The van der Waals surface area contributed by atoms with Crippen molar-refractivity contribution in [3.05, 3.63) is 23.8 Å². The predicted octanol–water partition coefficient (Wildman–Crippen LogP) is 5.94. The molecule has 1 atom stereocenters. The summed E-state index contributed by atoms with van der Waals surface area (Å²) in [6.07, 6.45) is 7.52. The molecule has 1 aliphatic carbocycles. The molecule has 0 amide bonds. The number of allylic oxidation sites excluding steroid dienone is 4. The molecular weight excluding hydrogens is 286 g/mol. The van der Waals surface area contributed by atoms with E-state index in [1.165, 1.54) is 5.57 Å². The Morgan fingerprint density at radius 2 is 1.38 bits per heavy atom. The molecule has 0 aromatic heterocycles. The maximum absolute atomic E-state index is 4.14. The average Bonchev–Trinajstić information content (AvgIpc) is 2.56. The van der Waals surface area contributed by atoms with Crippen molar-refractivity contribution in [1.29, 1.82) is 0 Å². The van der Waals surface area contributed by atoms with E-state index in [2.05, 4.69) is 97.2 Å². The summed E-state index contributed by atoms with van der Waals surface area (Å²) in [7, 11) is -2.97. The van der Waals surface area contributed by atoms with Gasteiger partial charge in [-0.25, -0.2) is 0 Å². The minimum Gasteiger partial charge on any atom is -0.359 e. The molecule has 21 heavy (non-hydrogen) atoms. The number of nitrogens with one attached hydrogen (secondary N) is 1. The third kappa shape index (κ3) is 3.80. The molecular formula is C18H37NSi2. The highest BCUT2D eigenvalue weighted by molar-refractivity contribution is 6.92. The van der Waals surface area contributed by atoms with Crippen molar-refractivity contribution < 1.29 is 0 Å². The smallest absolute Gasteiger partial charge is 0.127 e. The van der Waals surface area contributed by atoms with Crippen molar-refractivity contribution in [2.45, 2.75) is 79.3 Å². The van der Waals surface area contributed by atoms with E-state index in [4.69, 9.17) is 0 Å². The van der Waals surface area contributed by atoms with Gasteiger partial charge in [0.15, 0.2) is 0 Å². The van der Waals surface area contributed by atoms with Gasteiger partial charge >= 0.3 is 0 Å². The molecule has 0 fully saturated rings.